The number of pyridine rings is 1. The van der Waals surface area contributed by atoms with Crippen LogP contribution in [0.1, 0.15) is 28.0 Å². The predicted molar refractivity (Wildman–Crippen MR) is 100 cm³/mol. The fourth-order valence-corrected chi connectivity index (χ4v) is 2.75. The van der Waals surface area contributed by atoms with Crippen LogP contribution in [0.25, 0.3) is 0 Å². The number of carbonyl (C=O) groups excluding carboxylic acids is 1. The van der Waals surface area contributed by atoms with E-state index >= 15 is 0 Å². The lowest BCUT2D eigenvalue weighted by Crippen LogP contribution is -2.30. The molecule has 0 fully saturated rings. The number of hydrogen-bond acceptors (Lipinski definition) is 4. The molecular formula is C18H17Cl2N3O3. The van der Waals surface area contributed by atoms with Gasteiger partial charge in [0.1, 0.15) is 11.8 Å². The molecule has 1 amide bonds. The minimum absolute atomic E-state index is 0.0432. The van der Waals surface area contributed by atoms with Crippen LogP contribution < -0.4 is 15.6 Å². The third kappa shape index (κ3) is 4.37. The Hall–Kier alpha value is -2.49. The maximum absolute atomic E-state index is 12.4. The summed E-state index contributed by atoms with van der Waals surface area (Å²) in [7, 11) is 2.76. The molecule has 0 atom stereocenters. The Bertz CT molecular complexity index is 932. The molecule has 0 radical (unpaired) electrons. The lowest BCUT2D eigenvalue weighted by Gasteiger charge is -2.11. The second-order valence-electron chi connectivity index (χ2n) is 5.56. The van der Waals surface area contributed by atoms with E-state index in [4.69, 9.17) is 33.2 Å². The number of nitriles is 1. The van der Waals surface area contributed by atoms with Gasteiger partial charge in [0.15, 0.2) is 5.75 Å². The van der Waals surface area contributed by atoms with Gasteiger partial charge in [0.05, 0.1) is 22.7 Å². The van der Waals surface area contributed by atoms with Crippen molar-refractivity contribution < 1.29 is 9.53 Å². The Morgan fingerprint density at radius 1 is 1.31 bits per heavy atom. The molecule has 1 heterocycles. The largest absolute Gasteiger partial charge is 0.491 e. The number of nitrogens with one attached hydrogen (secondary N) is 1. The van der Waals surface area contributed by atoms with Crippen LogP contribution in [0.15, 0.2) is 29.1 Å². The molecule has 0 bridgehead atoms. The second kappa shape index (κ2) is 8.75. The molecular weight excluding hydrogens is 377 g/mol. The summed E-state index contributed by atoms with van der Waals surface area (Å²) in [5.41, 5.74) is 0.595. The zero-order chi connectivity index (χ0) is 19.3. The van der Waals surface area contributed by atoms with Crippen molar-refractivity contribution in [3.05, 3.63) is 61.5 Å². The molecule has 2 aromatic rings. The Kier molecular flexibility index (Phi) is 6.67. The van der Waals surface area contributed by atoms with Crippen molar-refractivity contribution in [2.45, 2.75) is 12.8 Å². The van der Waals surface area contributed by atoms with Crippen molar-refractivity contribution in [2.75, 3.05) is 13.7 Å². The molecule has 0 saturated heterocycles. The zero-order valence-corrected chi connectivity index (χ0v) is 15.8. The van der Waals surface area contributed by atoms with Crippen LogP contribution >= 0.6 is 23.2 Å². The molecule has 26 heavy (non-hydrogen) atoms. The molecule has 1 aromatic carbocycles. The van der Waals surface area contributed by atoms with Crippen LogP contribution in [-0.4, -0.2) is 24.1 Å². The summed E-state index contributed by atoms with van der Waals surface area (Å²) in [6.45, 7) is 0.388. The van der Waals surface area contributed by atoms with Crippen molar-refractivity contribution >= 4 is 29.1 Å². The quantitative estimate of drug-likeness (QED) is 0.764. The minimum Gasteiger partial charge on any atom is -0.491 e. The highest BCUT2D eigenvalue weighted by Gasteiger charge is 2.19. The van der Waals surface area contributed by atoms with Gasteiger partial charge in [0, 0.05) is 13.6 Å². The number of aromatic nitrogens is 1. The van der Waals surface area contributed by atoms with Gasteiger partial charge in [-0.2, -0.15) is 5.26 Å². The van der Waals surface area contributed by atoms with Gasteiger partial charge in [-0.05, 0) is 36.6 Å². The highest BCUT2D eigenvalue weighted by molar-refractivity contribution is 6.42. The van der Waals surface area contributed by atoms with Crippen molar-refractivity contribution in [1.29, 1.82) is 5.26 Å². The van der Waals surface area contributed by atoms with Gasteiger partial charge in [-0.15, -0.1) is 0 Å². The van der Waals surface area contributed by atoms with Gasteiger partial charge in [0.25, 0.3) is 11.5 Å². The van der Waals surface area contributed by atoms with E-state index in [1.54, 1.807) is 12.1 Å². The normalized spacial score (nSPS) is 10.3. The van der Waals surface area contributed by atoms with E-state index in [0.717, 1.165) is 10.1 Å². The molecule has 0 saturated carbocycles. The monoisotopic (exact) mass is 393 g/mol. The number of benzene rings is 1. The highest BCUT2D eigenvalue weighted by atomic mass is 35.5. The molecule has 6 nitrogen and oxygen atoms in total. The van der Waals surface area contributed by atoms with Gasteiger partial charge in [0.2, 0.25) is 0 Å². The average molecular weight is 394 g/mol. The SMILES string of the molecule is COc1c(C(=O)NCCCc2ccc(Cl)c(Cl)c2)cc(C#N)n(C)c1=O. The van der Waals surface area contributed by atoms with Crippen LogP contribution in [-0.2, 0) is 13.5 Å². The number of nitrogens with zero attached hydrogens (tertiary/aromatic N) is 2. The van der Waals surface area contributed by atoms with E-state index < -0.39 is 11.5 Å². The molecule has 0 aliphatic rings. The Labute approximate surface area is 160 Å². The molecule has 8 heteroatoms. The zero-order valence-electron chi connectivity index (χ0n) is 14.3. The average Bonchev–Trinajstić information content (AvgIpc) is 2.63. The van der Waals surface area contributed by atoms with E-state index in [0.29, 0.717) is 29.4 Å². The van der Waals surface area contributed by atoms with Gasteiger partial charge < -0.3 is 10.1 Å². The number of methoxy groups -OCH3 is 1. The molecule has 2 rings (SSSR count). The van der Waals surface area contributed by atoms with Gasteiger partial charge in [-0.25, -0.2) is 0 Å². The van der Waals surface area contributed by atoms with Crippen LogP contribution in [0.5, 0.6) is 5.75 Å². The molecule has 1 aromatic heterocycles. The van der Waals surface area contributed by atoms with Gasteiger partial charge in [-0.1, -0.05) is 29.3 Å². The number of rotatable bonds is 6. The van der Waals surface area contributed by atoms with Gasteiger partial charge in [-0.3, -0.25) is 14.2 Å². The van der Waals surface area contributed by atoms with Crippen molar-refractivity contribution in [3.8, 4) is 11.8 Å². The molecule has 0 spiro atoms. The summed E-state index contributed by atoms with van der Waals surface area (Å²) in [4.78, 5) is 24.5. The van der Waals surface area contributed by atoms with Crippen molar-refractivity contribution in [2.24, 2.45) is 7.05 Å². The maximum atomic E-state index is 12.4. The number of aryl methyl sites for hydroxylation is 1. The Balaban J connectivity index is 2.04. The maximum Gasteiger partial charge on any atom is 0.294 e. The summed E-state index contributed by atoms with van der Waals surface area (Å²) in [5.74, 6) is -0.557. The third-order valence-electron chi connectivity index (χ3n) is 3.86. The third-order valence-corrected chi connectivity index (χ3v) is 4.60. The first kappa shape index (κ1) is 19.8. The minimum atomic E-state index is -0.535. The topological polar surface area (TPSA) is 84.1 Å². The van der Waals surface area contributed by atoms with E-state index in [2.05, 4.69) is 5.32 Å². The highest BCUT2D eigenvalue weighted by Crippen LogP contribution is 2.23. The fraction of sp³-hybridized carbons (Fsp3) is 0.278. The number of halogens is 2. The second-order valence-corrected chi connectivity index (χ2v) is 6.37. The van der Waals surface area contributed by atoms with Crippen LogP contribution in [0.3, 0.4) is 0 Å². The standard InChI is InChI=1S/C18H17Cl2N3O3/c1-23-12(10-21)9-13(16(26-2)18(23)25)17(24)22-7-3-4-11-5-6-14(19)15(20)8-11/h5-6,8-9H,3-4,7H2,1-2H3,(H,22,24). The van der Waals surface area contributed by atoms with Crippen molar-refractivity contribution in [3.63, 3.8) is 0 Å². The number of hydrogen-bond donors (Lipinski definition) is 1. The number of amides is 1. The lowest BCUT2D eigenvalue weighted by atomic mass is 10.1. The molecule has 0 unspecified atom stereocenters. The summed E-state index contributed by atoms with van der Waals surface area (Å²) >= 11 is 11.9. The van der Waals surface area contributed by atoms with E-state index in [9.17, 15) is 9.59 Å². The number of ether oxygens (including phenoxy) is 1. The lowest BCUT2D eigenvalue weighted by molar-refractivity contribution is 0.0949. The Morgan fingerprint density at radius 2 is 2.04 bits per heavy atom. The Morgan fingerprint density at radius 3 is 2.65 bits per heavy atom. The van der Waals surface area contributed by atoms with E-state index in [1.165, 1.54) is 20.2 Å². The summed E-state index contributed by atoms with van der Waals surface area (Å²) < 4.78 is 6.19. The van der Waals surface area contributed by atoms with E-state index in [-0.39, 0.29) is 17.0 Å². The first-order valence-corrected chi connectivity index (χ1v) is 8.55. The van der Waals surface area contributed by atoms with Gasteiger partial charge >= 0.3 is 0 Å². The summed E-state index contributed by atoms with van der Waals surface area (Å²) in [6.07, 6.45) is 1.37. The van der Waals surface area contributed by atoms with E-state index in [1.807, 2.05) is 12.1 Å². The molecule has 0 aliphatic heterocycles. The fourth-order valence-electron chi connectivity index (χ4n) is 2.43. The summed E-state index contributed by atoms with van der Waals surface area (Å²) in [6, 6.07) is 8.62. The van der Waals surface area contributed by atoms with Crippen molar-refractivity contribution in [1.82, 2.24) is 9.88 Å². The van der Waals surface area contributed by atoms with Crippen LogP contribution in [0.2, 0.25) is 10.0 Å². The summed E-state index contributed by atoms with van der Waals surface area (Å²) in [5, 5.41) is 12.8. The first-order valence-electron chi connectivity index (χ1n) is 7.79. The first-order chi connectivity index (χ1) is 12.4. The molecule has 136 valence electrons. The molecule has 1 N–H and O–H groups in total. The smallest absolute Gasteiger partial charge is 0.294 e. The van der Waals surface area contributed by atoms with Crippen LogP contribution in [0, 0.1) is 11.3 Å². The predicted octanol–water partition coefficient (Wildman–Crippen LogP) is 2.93. The van der Waals surface area contributed by atoms with Crippen LogP contribution in [0.4, 0.5) is 0 Å². The molecule has 0 aliphatic carbocycles. The number of carbonyl (C=O) groups is 1.